The van der Waals surface area contributed by atoms with Gasteiger partial charge in [-0.15, -0.1) is 9.24 Å². The van der Waals surface area contributed by atoms with Crippen LogP contribution in [0, 0.1) is 0 Å². The van der Waals surface area contributed by atoms with E-state index in [2.05, 4.69) is 30.0 Å². The van der Waals surface area contributed by atoms with Crippen molar-refractivity contribution in [3.05, 3.63) is 0 Å². The minimum absolute atomic E-state index is 0.0288. The molecule has 0 heterocycles. The van der Waals surface area contributed by atoms with E-state index in [9.17, 15) is 0 Å². The first-order valence-electron chi connectivity index (χ1n) is 8.58. The third kappa shape index (κ3) is 9.32. The Kier molecular flexibility index (Phi) is 12.2. The molecule has 0 radical (unpaired) electrons. The highest BCUT2D eigenvalue weighted by Gasteiger charge is 2.31. The Morgan fingerprint density at radius 1 is 0.850 bits per heavy atom. The molecule has 0 aromatic carbocycles. The average Bonchev–Trinajstić information content (AvgIpc) is 2.39. The molecule has 0 amide bonds. The number of unbranched alkanes of at least 4 members (excludes halogenated alkanes) is 3. The second kappa shape index (κ2) is 12.0. The second-order valence-electron chi connectivity index (χ2n) is 6.02. The van der Waals surface area contributed by atoms with Crippen LogP contribution in [-0.4, -0.2) is 17.7 Å². The fourth-order valence-electron chi connectivity index (χ4n) is 2.73. The topological polar surface area (TPSA) is 18.5 Å². The average molecular weight is 304 g/mol. The summed E-state index contributed by atoms with van der Waals surface area (Å²) in [5.41, 5.74) is 0.0288. The molecule has 0 saturated heterocycles. The van der Waals surface area contributed by atoms with E-state index < -0.39 is 0 Å². The van der Waals surface area contributed by atoms with Gasteiger partial charge in [-0.3, -0.25) is 0 Å². The van der Waals surface area contributed by atoms with Crippen molar-refractivity contribution < 1.29 is 9.47 Å². The van der Waals surface area contributed by atoms with Gasteiger partial charge in [-0.2, -0.15) is 0 Å². The zero-order valence-electron chi connectivity index (χ0n) is 14.4. The Bertz CT molecular complexity index is 197. The van der Waals surface area contributed by atoms with Crippen LogP contribution in [-0.2, 0) is 9.47 Å². The van der Waals surface area contributed by atoms with Crippen molar-refractivity contribution >= 4 is 9.24 Å². The van der Waals surface area contributed by atoms with E-state index in [1.54, 1.807) is 0 Å². The number of hydrogen-bond acceptors (Lipinski definition) is 2. The lowest BCUT2D eigenvalue weighted by Gasteiger charge is -2.37. The normalized spacial score (nSPS) is 15.3. The van der Waals surface area contributed by atoms with Crippen LogP contribution < -0.4 is 0 Å². The van der Waals surface area contributed by atoms with Crippen molar-refractivity contribution in [3.8, 4) is 0 Å². The number of ether oxygens (including phenoxy) is 2. The smallest absolute Gasteiger partial charge is 0.156 e. The highest BCUT2D eigenvalue weighted by atomic mass is 31.0. The van der Waals surface area contributed by atoms with Crippen LogP contribution >= 0.6 is 9.24 Å². The van der Waals surface area contributed by atoms with E-state index in [4.69, 9.17) is 9.47 Å². The maximum Gasteiger partial charge on any atom is 0.156 e. The predicted molar refractivity (Wildman–Crippen MR) is 92.1 cm³/mol. The molecule has 122 valence electrons. The van der Waals surface area contributed by atoms with E-state index in [0.717, 1.165) is 0 Å². The fourth-order valence-corrected chi connectivity index (χ4v) is 2.95. The molecular formula is C17H37O2P. The van der Waals surface area contributed by atoms with Gasteiger partial charge in [-0.1, -0.05) is 59.3 Å². The second-order valence-corrected chi connectivity index (χ2v) is 6.96. The van der Waals surface area contributed by atoms with Gasteiger partial charge in [0, 0.05) is 0 Å². The molecule has 0 rings (SSSR count). The fraction of sp³-hybridized carbons (Fsp3) is 1.00. The van der Waals surface area contributed by atoms with Gasteiger partial charge in [0.1, 0.15) is 0 Å². The first-order chi connectivity index (χ1) is 9.49. The summed E-state index contributed by atoms with van der Waals surface area (Å²) in [5.74, 6) is 0.145. The Hall–Kier alpha value is 0.350. The van der Waals surface area contributed by atoms with Crippen molar-refractivity contribution in [2.75, 3.05) is 0 Å². The summed E-state index contributed by atoms with van der Waals surface area (Å²) in [7, 11) is 2.68. The van der Waals surface area contributed by atoms with Gasteiger partial charge in [0.2, 0.25) is 0 Å². The van der Waals surface area contributed by atoms with E-state index in [0.29, 0.717) is 0 Å². The van der Waals surface area contributed by atoms with Crippen molar-refractivity contribution in [1.29, 1.82) is 0 Å². The maximum atomic E-state index is 6.42. The van der Waals surface area contributed by atoms with Crippen molar-refractivity contribution in [3.63, 3.8) is 0 Å². The Balaban J connectivity index is 4.73. The molecule has 0 spiro atoms. The van der Waals surface area contributed by atoms with Crippen molar-refractivity contribution in [2.24, 2.45) is 0 Å². The largest absolute Gasteiger partial charge is 0.346 e. The van der Waals surface area contributed by atoms with Crippen LogP contribution in [0.4, 0.5) is 0 Å². The van der Waals surface area contributed by atoms with E-state index >= 15 is 0 Å². The van der Waals surface area contributed by atoms with E-state index in [1.165, 1.54) is 57.8 Å². The zero-order valence-corrected chi connectivity index (χ0v) is 15.6. The Labute approximate surface area is 129 Å². The molecular weight excluding hydrogens is 267 g/mol. The lowest BCUT2D eigenvalue weighted by molar-refractivity contribution is -0.214. The molecule has 20 heavy (non-hydrogen) atoms. The molecule has 0 bridgehead atoms. The Morgan fingerprint density at radius 2 is 1.25 bits per heavy atom. The third-order valence-electron chi connectivity index (χ3n) is 3.78. The van der Waals surface area contributed by atoms with E-state index in [-0.39, 0.29) is 17.7 Å². The summed E-state index contributed by atoms with van der Waals surface area (Å²) in [4.78, 5) is 0. The summed E-state index contributed by atoms with van der Waals surface area (Å²) in [6.45, 7) is 10.9. The minimum Gasteiger partial charge on any atom is -0.346 e. The molecule has 3 heteroatoms. The molecule has 0 fully saturated rings. The van der Waals surface area contributed by atoms with Crippen LogP contribution in [0.15, 0.2) is 0 Å². The highest BCUT2D eigenvalue weighted by molar-refractivity contribution is 7.17. The first-order valence-corrected chi connectivity index (χ1v) is 9.25. The number of rotatable bonds is 13. The van der Waals surface area contributed by atoms with Gasteiger partial charge < -0.3 is 9.47 Å². The lowest BCUT2D eigenvalue weighted by Crippen LogP contribution is -2.37. The standard InChI is InChI=1S/C17H37O2P/c1-6-9-12-17(13-10-7-2,14-11-8-3)19-15(4)18-16(5)20/h15-16H,6-14,20H2,1-5H3. The molecule has 3 unspecified atom stereocenters. The first kappa shape index (κ1) is 20.3. The quantitative estimate of drug-likeness (QED) is 0.312. The summed E-state index contributed by atoms with van der Waals surface area (Å²) in [5, 5.41) is 0. The van der Waals surface area contributed by atoms with Crippen LogP contribution in [0.5, 0.6) is 0 Å². The van der Waals surface area contributed by atoms with Gasteiger partial charge in [-0.25, -0.2) is 0 Å². The molecule has 0 N–H and O–H groups in total. The highest BCUT2D eigenvalue weighted by Crippen LogP contribution is 2.33. The Morgan fingerprint density at radius 3 is 1.55 bits per heavy atom. The van der Waals surface area contributed by atoms with Crippen molar-refractivity contribution in [2.45, 2.75) is 110 Å². The molecule has 0 aliphatic carbocycles. The summed E-state index contributed by atoms with van der Waals surface area (Å²) in [6.07, 6.45) is 10.8. The molecule has 2 nitrogen and oxygen atoms in total. The number of hydrogen-bond donors (Lipinski definition) is 0. The van der Waals surface area contributed by atoms with Crippen LogP contribution in [0.25, 0.3) is 0 Å². The summed E-state index contributed by atoms with van der Waals surface area (Å²) < 4.78 is 12.2. The summed E-state index contributed by atoms with van der Waals surface area (Å²) >= 11 is 0. The monoisotopic (exact) mass is 304 g/mol. The zero-order chi connectivity index (χ0) is 15.4. The third-order valence-corrected chi connectivity index (χ3v) is 3.94. The lowest BCUT2D eigenvalue weighted by atomic mass is 9.85. The van der Waals surface area contributed by atoms with E-state index in [1.807, 2.05) is 13.8 Å². The van der Waals surface area contributed by atoms with Gasteiger partial charge in [0.05, 0.1) is 11.4 Å². The maximum absolute atomic E-state index is 6.42. The molecule has 0 saturated carbocycles. The molecule has 0 aromatic rings. The van der Waals surface area contributed by atoms with Gasteiger partial charge in [0.25, 0.3) is 0 Å². The SMILES string of the molecule is CCCCC(CCCC)(CCCC)OC(C)OC(C)P. The molecule has 0 aromatic heterocycles. The van der Waals surface area contributed by atoms with Crippen molar-refractivity contribution in [1.82, 2.24) is 0 Å². The summed E-state index contributed by atoms with van der Waals surface area (Å²) in [6, 6.07) is 0. The molecule has 3 atom stereocenters. The van der Waals surface area contributed by atoms with Crippen LogP contribution in [0.2, 0.25) is 0 Å². The van der Waals surface area contributed by atoms with Crippen LogP contribution in [0.1, 0.15) is 92.4 Å². The molecule has 0 aliphatic rings. The van der Waals surface area contributed by atoms with Gasteiger partial charge >= 0.3 is 0 Å². The predicted octanol–water partition coefficient (Wildman–Crippen LogP) is 5.90. The minimum atomic E-state index is -0.118. The van der Waals surface area contributed by atoms with Gasteiger partial charge in [0.15, 0.2) is 6.29 Å². The molecule has 0 aliphatic heterocycles. The van der Waals surface area contributed by atoms with Gasteiger partial charge in [-0.05, 0) is 33.1 Å². The van der Waals surface area contributed by atoms with Crippen LogP contribution in [0.3, 0.4) is 0 Å².